The Morgan fingerprint density at radius 3 is 2.21 bits per heavy atom. The van der Waals surface area contributed by atoms with Crippen LogP contribution in [0.3, 0.4) is 0 Å². The number of aromatic nitrogens is 2. The summed E-state index contributed by atoms with van der Waals surface area (Å²) >= 11 is 0. The minimum Gasteiger partial charge on any atom is -0.328 e. The Labute approximate surface area is 226 Å². The van der Waals surface area contributed by atoms with Gasteiger partial charge >= 0.3 is 6.03 Å². The molecule has 2 heterocycles. The van der Waals surface area contributed by atoms with Crippen LogP contribution in [0.2, 0.25) is 0 Å². The first kappa shape index (κ1) is 27.8. The van der Waals surface area contributed by atoms with Gasteiger partial charge in [-0.2, -0.15) is 0 Å². The van der Waals surface area contributed by atoms with E-state index in [1.54, 1.807) is 4.90 Å². The molecule has 2 amide bonds. The molecule has 1 aromatic heterocycles. The molecule has 0 saturated carbocycles. The van der Waals surface area contributed by atoms with Gasteiger partial charge in [-0.25, -0.2) is 14.2 Å². The van der Waals surface area contributed by atoms with E-state index in [0.29, 0.717) is 19.6 Å². The fraction of sp³-hybridized carbons (Fsp3) is 0.467. The highest BCUT2D eigenvalue weighted by Crippen LogP contribution is 2.40. The standard InChI is InChI=1S/C30H41FN6O/c1-30(2,3)27(37(21-25(31)19-32)29(38)35-17-15-34(4)16-18-35)28-33-26(24-13-9-6-10-14-24)22-36(28)20-23-11-7-5-8-12-23/h5-14,22,25,27H,15-21,32H2,1-4H3. The zero-order chi connectivity index (χ0) is 27.3. The molecular weight excluding hydrogens is 479 g/mol. The number of piperazine rings is 1. The van der Waals surface area contributed by atoms with Crippen LogP contribution in [0.15, 0.2) is 66.9 Å². The lowest BCUT2D eigenvalue weighted by Gasteiger charge is -2.44. The molecule has 38 heavy (non-hydrogen) atoms. The molecule has 2 unspecified atom stereocenters. The van der Waals surface area contributed by atoms with Crippen molar-refractivity contribution in [2.75, 3.05) is 46.3 Å². The number of alkyl halides is 1. The van der Waals surface area contributed by atoms with Gasteiger partial charge in [0.2, 0.25) is 0 Å². The number of halogens is 1. The van der Waals surface area contributed by atoms with E-state index in [1.165, 1.54) is 0 Å². The Kier molecular flexibility index (Phi) is 8.84. The van der Waals surface area contributed by atoms with Gasteiger partial charge in [0.25, 0.3) is 0 Å². The second kappa shape index (κ2) is 12.1. The molecule has 7 nitrogen and oxygen atoms in total. The predicted octanol–water partition coefficient (Wildman–Crippen LogP) is 4.65. The summed E-state index contributed by atoms with van der Waals surface area (Å²) < 4.78 is 17.1. The minimum absolute atomic E-state index is 0.0809. The molecule has 4 rings (SSSR count). The summed E-state index contributed by atoms with van der Waals surface area (Å²) in [5.74, 6) is 0.743. The Morgan fingerprint density at radius 1 is 1.03 bits per heavy atom. The van der Waals surface area contributed by atoms with Gasteiger partial charge in [-0.05, 0) is 18.0 Å². The van der Waals surface area contributed by atoms with E-state index in [-0.39, 0.29) is 19.1 Å². The molecule has 8 heteroatoms. The average molecular weight is 521 g/mol. The molecule has 204 valence electrons. The Balaban J connectivity index is 1.82. The summed E-state index contributed by atoms with van der Waals surface area (Å²) in [4.78, 5) is 24.9. The van der Waals surface area contributed by atoms with Gasteiger partial charge in [-0.3, -0.25) is 0 Å². The second-order valence-corrected chi connectivity index (χ2v) is 11.3. The maximum Gasteiger partial charge on any atom is 0.320 e. The SMILES string of the molecule is CN1CCN(C(=O)N(CC(F)CN)C(c2nc(-c3ccccc3)cn2Cc2ccccc2)C(C)(C)C)CC1. The van der Waals surface area contributed by atoms with E-state index >= 15 is 0 Å². The highest BCUT2D eigenvalue weighted by molar-refractivity contribution is 5.75. The van der Waals surface area contributed by atoms with Crippen molar-refractivity contribution in [1.82, 2.24) is 24.3 Å². The number of nitrogens with zero attached hydrogens (tertiary/aromatic N) is 5. The van der Waals surface area contributed by atoms with Crippen LogP contribution in [-0.2, 0) is 6.54 Å². The summed E-state index contributed by atoms with van der Waals surface area (Å²) in [5.41, 5.74) is 8.25. The van der Waals surface area contributed by atoms with Gasteiger partial charge in [0.1, 0.15) is 12.0 Å². The third-order valence-electron chi connectivity index (χ3n) is 7.12. The summed E-state index contributed by atoms with van der Waals surface area (Å²) in [6, 6.07) is 19.6. The number of amides is 2. The molecule has 1 saturated heterocycles. The fourth-order valence-electron chi connectivity index (χ4n) is 5.06. The summed E-state index contributed by atoms with van der Waals surface area (Å²) in [7, 11) is 2.05. The number of imidazole rings is 1. The van der Waals surface area contributed by atoms with Crippen LogP contribution in [0.5, 0.6) is 0 Å². The van der Waals surface area contributed by atoms with Crippen molar-refractivity contribution in [1.29, 1.82) is 0 Å². The van der Waals surface area contributed by atoms with Crippen LogP contribution < -0.4 is 5.73 Å². The number of likely N-dealkylation sites (N-methyl/N-ethyl adjacent to an activating group) is 1. The smallest absolute Gasteiger partial charge is 0.320 e. The Hall–Kier alpha value is -3.23. The predicted molar refractivity (Wildman–Crippen MR) is 151 cm³/mol. The van der Waals surface area contributed by atoms with Crippen molar-refractivity contribution >= 4 is 6.03 Å². The lowest BCUT2D eigenvalue weighted by Crippen LogP contribution is -2.55. The molecular formula is C30H41FN6O. The topological polar surface area (TPSA) is 70.6 Å². The van der Waals surface area contributed by atoms with Gasteiger partial charge in [0, 0.05) is 51.0 Å². The quantitative estimate of drug-likeness (QED) is 0.469. The molecule has 2 atom stereocenters. The molecule has 2 N–H and O–H groups in total. The monoisotopic (exact) mass is 520 g/mol. The maximum atomic E-state index is 15.0. The number of hydrogen-bond acceptors (Lipinski definition) is 4. The van der Waals surface area contributed by atoms with Crippen molar-refractivity contribution in [2.45, 2.75) is 39.5 Å². The number of benzene rings is 2. The highest BCUT2D eigenvalue weighted by Gasteiger charge is 2.41. The van der Waals surface area contributed by atoms with Crippen molar-refractivity contribution in [2.24, 2.45) is 11.1 Å². The lowest BCUT2D eigenvalue weighted by atomic mass is 9.84. The number of urea groups is 1. The molecule has 0 spiro atoms. The second-order valence-electron chi connectivity index (χ2n) is 11.3. The molecule has 3 aromatic rings. The molecule has 1 aliphatic rings. The van der Waals surface area contributed by atoms with Crippen LogP contribution in [0.4, 0.5) is 9.18 Å². The number of carbonyl (C=O) groups is 1. The number of nitrogens with two attached hydrogens (primary N) is 1. The van der Waals surface area contributed by atoms with Crippen LogP contribution in [0.1, 0.15) is 38.2 Å². The summed E-state index contributed by atoms with van der Waals surface area (Å²) in [6.07, 6.45) is 0.715. The largest absolute Gasteiger partial charge is 0.328 e. The Bertz CT molecular complexity index is 1170. The fourth-order valence-corrected chi connectivity index (χ4v) is 5.06. The molecule has 0 radical (unpaired) electrons. The molecule has 0 aliphatic carbocycles. The van der Waals surface area contributed by atoms with Gasteiger partial charge in [-0.15, -0.1) is 0 Å². The molecule has 1 fully saturated rings. The van der Waals surface area contributed by atoms with Gasteiger partial charge in [-0.1, -0.05) is 81.4 Å². The highest BCUT2D eigenvalue weighted by atomic mass is 19.1. The first-order chi connectivity index (χ1) is 18.2. The summed E-state index contributed by atoms with van der Waals surface area (Å²) in [5, 5.41) is 0. The van der Waals surface area contributed by atoms with Crippen LogP contribution in [-0.4, -0.2) is 82.8 Å². The zero-order valence-corrected chi connectivity index (χ0v) is 23.1. The van der Waals surface area contributed by atoms with Crippen LogP contribution in [0, 0.1) is 5.41 Å². The van der Waals surface area contributed by atoms with Crippen molar-refractivity contribution in [3.05, 3.63) is 78.2 Å². The number of carbonyl (C=O) groups excluding carboxylic acids is 1. The number of hydrogen-bond donors (Lipinski definition) is 1. The third kappa shape index (κ3) is 6.60. The van der Waals surface area contributed by atoms with E-state index < -0.39 is 17.6 Å². The maximum absolute atomic E-state index is 15.0. The van der Waals surface area contributed by atoms with Crippen molar-refractivity contribution in [3.8, 4) is 11.3 Å². The normalized spacial score (nSPS) is 16.3. The van der Waals surface area contributed by atoms with Gasteiger partial charge in [0.15, 0.2) is 0 Å². The Morgan fingerprint density at radius 2 is 1.63 bits per heavy atom. The minimum atomic E-state index is -1.33. The first-order valence-electron chi connectivity index (χ1n) is 13.4. The lowest BCUT2D eigenvalue weighted by molar-refractivity contribution is 0.0579. The molecule has 2 aromatic carbocycles. The van der Waals surface area contributed by atoms with Gasteiger partial charge < -0.3 is 25.0 Å². The van der Waals surface area contributed by atoms with E-state index in [1.807, 2.05) is 59.6 Å². The van der Waals surface area contributed by atoms with Crippen molar-refractivity contribution in [3.63, 3.8) is 0 Å². The zero-order valence-electron chi connectivity index (χ0n) is 23.1. The third-order valence-corrected chi connectivity index (χ3v) is 7.12. The van der Waals surface area contributed by atoms with Crippen LogP contribution in [0.25, 0.3) is 11.3 Å². The molecule has 1 aliphatic heterocycles. The first-order valence-corrected chi connectivity index (χ1v) is 13.4. The average Bonchev–Trinajstić information content (AvgIpc) is 3.31. The summed E-state index contributed by atoms with van der Waals surface area (Å²) in [6.45, 7) is 9.41. The number of rotatable bonds is 8. The van der Waals surface area contributed by atoms with Gasteiger partial charge in [0.05, 0.1) is 18.3 Å². The van der Waals surface area contributed by atoms with E-state index in [9.17, 15) is 9.18 Å². The molecule has 0 bridgehead atoms. The van der Waals surface area contributed by atoms with Crippen molar-refractivity contribution < 1.29 is 9.18 Å². The van der Waals surface area contributed by atoms with E-state index in [2.05, 4.69) is 49.4 Å². The van der Waals surface area contributed by atoms with Crippen LogP contribution >= 0.6 is 0 Å². The van der Waals surface area contributed by atoms with E-state index in [0.717, 1.165) is 35.7 Å². The van der Waals surface area contributed by atoms with E-state index in [4.69, 9.17) is 10.7 Å².